The van der Waals surface area contributed by atoms with Crippen molar-refractivity contribution in [1.82, 2.24) is 29.5 Å². The average molecular weight is 579 g/mol. The van der Waals surface area contributed by atoms with Gasteiger partial charge in [-0.05, 0) is 82.4 Å². The fraction of sp³-hybridized carbons (Fsp3) is 0.400. The van der Waals surface area contributed by atoms with E-state index in [1.807, 2.05) is 43.1 Å². The molecule has 1 unspecified atom stereocenters. The molecule has 0 saturated carbocycles. The predicted molar refractivity (Wildman–Crippen MR) is 172 cm³/mol. The van der Waals surface area contributed by atoms with Crippen LogP contribution in [0, 0.1) is 12.8 Å². The summed E-state index contributed by atoms with van der Waals surface area (Å²) in [5, 5.41) is 8.87. The van der Waals surface area contributed by atoms with Crippen LogP contribution >= 0.6 is 0 Å². The Morgan fingerprint density at radius 1 is 1.07 bits per heavy atom. The zero-order valence-corrected chi connectivity index (χ0v) is 26.1. The third-order valence-corrected chi connectivity index (χ3v) is 8.80. The highest BCUT2D eigenvalue weighted by atomic mass is 16.5. The molecule has 1 atom stereocenters. The third-order valence-electron chi connectivity index (χ3n) is 8.80. The second kappa shape index (κ2) is 11.6. The smallest absolute Gasteiger partial charge is 0.234 e. The Morgan fingerprint density at radius 3 is 2.49 bits per heavy atom. The van der Waals surface area contributed by atoms with E-state index in [9.17, 15) is 4.79 Å². The topological polar surface area (TPSA) is 77.2 Å². The first-order chi connectivity index (χ1) is 20.6. The van der Waals surface area contributed by atoms with E-state index in [4.69, 9.17) is 9.72 Å². The quantitative estimate of drug-likeness (QED) is 0.251. The Bertz CT molecular complexity index is 1740. The van der Waals surface area contributed by atoms with Gasteiger partial charge in [-0.3, -0.25) is 14.5 Å². The van der Waals surface area contributed by atoms with E-state index in [0.29, 0.717) is 12.5 Å². The van der Waals surface area contributed by atoms with Gasteiger partial charge >= 0.3 is 0 Å². The summed E-state index contributed by atoms with van der Waals surface area (Å²) >= 11 is 0. The molecule has 4 heterocycles. The van der Waals surface area contributed by atoms with E-state index in [1.54, 1.807) is 0 Å². The molecule has 8 nitrogen and oxygen atoms in total. The number of carbonyl (C=O) groups is 1. The van der Waals surface area contributed by atoms with Crippen molar-refractivity contribution in [3.05, 3.63) is 83.7 Å². The summed E-state index contributed by atoms with van der Waals surface area (Å²) in [6.45, 7) is 8.10. The van der Waals surface area contributed by atoms with Gasteiger partial charge in [0, 0.05) is 37.4 Å². The van der Waals surface area contributed by atoms with Crippen molar-refractivity contribution in [1.29, 1.82) is 0 Å². The lowest BCUT2D eigenvalue weighted by atomic mass is 9.86. The number of aryl methyl sites for hydroxylation is 2. The maximum atomic E-state index is 12.8. The average Bonchev–Trinajstić information content (AvgIpc) is 3.48. The Labute approximate surface area is 253 Å². The molecule has 6 rings (SSSR count). The Hall–Kier alpha value is -4.01. The van der Waals surface area contributed by atoms with Gasteiger partial charge < -0.3 is 19.5 Å². The number of hydrogen-bond donors (Lipinski definition) is 1. The Kier molecular flexibility index (Phi) is 7.83. The van der Waals surface area contributed by atoms with Crippen LogP contribution in [-0.2, 0) is 22.1 Å². The molecule has 0 radical (unpaired) electrons. The lowest BCUT2D eigenvalue weighted by molar-refractivity contribution is -0.123. The van der Waals surface area contributed by atoms with Crippen LogP contribution in [0.25, 0.3) is 33.2 Å². The number of nitrogens with one attached hydrogen (secondary N) is 1. The van der Waals surface area contributed by atoms with Crippen molar-refractivity contribution in [3.8, 4) is 11.3 Å². The molecule has 224 valence electrons. The van der Waals surface area contributed by atoms with E-state index >= 15 is 0 Å². The van der Waals surface area contributed by atoms with Gasteiger partial charge in [0.2, 0.25) is 5.91 Å². The Balaban J connectivity index is 1.61. The van der Waals surface area contributed by atoms with Crippen molar-refractivity contribution in [2.75, 3.05) is 33.9 Å². The van der Waals surface area contributed by atoms with E-state index < -0.39 is 5.54 Å². The van der Waals surface area contributed by atoms with Crippen LogP contribution in [-0.4, -0.2) is 64.0 Å². The van der Waals surface area contributed by atoms with Crippen molar-refractivity contribution in [2.24, 2.45) is 13.0 Å². The summed E-state index contributed by atoms with van der Waals surface area (Å²) < 4.78 is 10.3. The molecular formula is C35H42N6O2. The number of pyridine rings is 1. The van der Waals surface area contributed by atoms with Gasteiger partial charge in [-0.1, -0.05) is 42.5 Å². The number of hydrogen-bond acceptors (Lipinski definition) is 5. The summed E-state index contributed by atoms with van der Waals surface area (Å²) in [6, 6.07) is 19.8. The lowest BCUT2D eigenvalue weighted by Crippen LogP contribution is -2.44. The molecule has 1 N–H and O–H groups in total. The highest BCUT2D eigenvalue weighted by Gasteiger charge is 2.31. The number of fused-ring (bicyclic) bond motifs is 3. The molecule has 0 spiro atoms. The molecule has 5 aromatic rings. The fourth-order valence-electron chi connectivity index (χ4n) is 6.75. The number of aromatic nitrogens is 4. The molecule has 1 saturated heterocycles. The van der Waals surface area contributed by atoms with Crippen LogP contribution in [0.5, 0.6) is 0 Å². The Morgan fingerprint density at radius 2 is 1.81 bits per heavy atom. The highest BCUT2D eigenvalue weighted by molar-refractivity contribution is 6.07. The van der Waals surface area contributed by atoms with Crippen molar-refractivity contribution in [2.45, 2.75) is 45.2 Å². The molecule has 8 heteroatoms. The minimum absolute atomic E-state index is 0.00198. The molecule has 1 aliphatic heterocycles. The predicted octanol–water partition coefficient (Wildman–Crippen LogP) is 5.83. The molecule has 1 fully saturated rings. The number of likely N-dealkylation sites (N-methyl/N-ethyl adjacent to an activating group) is 1. The van der Waals surface area contributed by atoms with Crippen LogP contribution in [0.3, 0.4) is 0 Å². The minimum Gasteiger partial charge on any atom is -0.381 e. The molecule has 3 aromatic heterocycles. The van der Waals surface area contributed by atoms with Gasteiger partial charge in [0.05, 0.1) is 46.6 Å². The number of ether oxygens (including phenoxy) is 1. The fourth-order valence-corrected chi connectivity index (χ4v) is 6.75. The first-order valence-electron chi connectivity index (χ1n) is 15.2. The molecule has 0 bridgehead atoms. The van der Waals surface area contributed by atoms with Gasteiger partial charge in [0.1, 0.15) is 0 Å². The van der Waals surface area contributed by atoms with E-state index in [2.05, 4.69) is 90.4 Å². The lowest BCUT2D eigenvalue weighted by Gasteiger charge is -2.33. The van der Waals surface area contributed by atoms with Crippen molar-refractivity contribution < 1.29 is 9.53 Å². The highest BCUT2D eigenvalue weighted by Crippen LogP contribution is 2.42. The zero-order valence-electron chi connectivity index (χ0n) is 26.1. The van der Waals surface area contributed by atoms with Crippen LogP contribution in [0.2, 0.25) is 0 Å². The van der Waals surface area contributed by atoms with E-state index in [1.165, 1.54) is 5.56 Å². The SMILES string of the molecule is Cc1cnn(C)c1-c1cnc2c3ccc(C(C)(C)NC(=O)CN(C)C)cc3n(C(c3ccccc3)C3CCOCC3)c2c1. The van der Waals surface area contributed by atoms with Gasteiger partial charge in [0.25, 0.3) is 0 Å². The van der Waals surface area contributed by atoms with E-state index in [-0.39, 0.29) is 11.9 Å². The van der Waals surface area contributed by atoms with Gasteiger partial charge in [-0.2, -0.15) is 5.10 Å². The number of amides is 1. The number of carbonyl (C=O) groups excluding carboxylic acids is 1. The summed E-state index contributed by atoms with van der Waals surface area (Å²) in [5.74, 6) is 0.395. The molecule has 1 amide bonds. The molecule has 0 aliphatic carbocycles. The normalized spacial score (nSPS) is 15.4. The monoisotopic (exact) mass is 578 g/mol. The van der Waals surface area contributed by atoms with Crippen molar-refractivity contribution in [3.63, 3.8) is 0 Å². The molecule has 43 heavy (non-hydrogen) atoms. The van der Waals surface area contributed by atoms with E-state index in [0.717, 1.165) is 70.4 Å². The van der Waals surface area contributed by atoms with Gasteiger partial charge in [0.15, 0.2) is 0 Å². The summed E-state index contributed by atoms with van der Waals surface area (Å²) in [5.41, 5.74) is 8.20. The summed E-state index contributed by atoms with van der Waals surface area (Å²) in [6.07, 6.45) is 5.85. The standard InChI is InChI=1S/C35H42N6O2/c1-23-20-37-40(6)33(23)26-18-30-32(36-21-26)28-13-12-27(35(2,3)38-31(42)22-39(4)5)19-29(28)41(30)34(24-10-8-7-9-11-24)25-14-16-43-17-15-25/h7-13,18-21,25,34H,14-17,22H2,1-6H3,(H,38,42). The summed E-state index contributed by atoms with van der Waals surface area (Å²) in [4.78, 5) is 19.8. The number of nitrogens with zero attached hydrogens (tertiary/aromatic N) is 5. The van der Waals surface area contributed by atoms with Crippen LogP contribution in [0.15, 0.2) is 67.0 Å². The first kappa shape index (κ1) is 29.1. The minimum atomic E-state index is -0.562. The second-order valence-corrected chi connectivity index (χ2v) is 12.7. The number of rotatable bonds is 8. The maximum absolute atomic E-state index is 12.8. The zero-order chi connectivity index (χ0) is 30.3. The maximum Gasteiger partial charge on any atom is 0.234 e. The van der Waals surface area contributed by atoms with Crippen LogP contribution in [0.1, 0.15) is 49.4 Å². The molecular weight excluding hydrogens is 536 g/mol. The van der Waals surface area contributed by atoms with Crippen LogP contribution in [0.4, 0.5) is 0 Å². The first-order valence-corrected chi connectivity index (χ1v) is 15.2. The van der Waals surface area contributed by atoms with Crippen molar-refractivity contribution >= 4 is 27.8 Å². The molecule has 1 aliphatic rings. The van der Waals surface area contributed by atoms with Crippen LogP contribution < -0.4 is 5.32 Å². The molecule has 2 aromatic carbocycles. The third kappa shape index (κ3) is 5.57. The summed E-state index contributed by atoms with van der Waals surface area (Å²) in [7, 11) is 5.80. The second-order valence-electron chi connectivity index (χ2n) is 12.7. The number of benzene rings is 2. The van der Waals surface area contributed by atoms with Gasteiger partial charge in [-0.25, -0.2) is 0 Å². The largest absolute Gasteiger partial charge is 0.381 e. The van der Waals surface area contributed by atoms with Gasteiger partial charge in [-0.15, -0.1) is 0 Å².